The number of amides is 1. The summed E-state index contributed by atoms with van der Waals surface area (Å²) in [5, 5.41) is 0. The Morgan fingerprint density at radius 3 is 2.17 bits per heavy atom. The van der Waals surface area contributed by atoms with Crippen LogP contribution in [0, 0.1) is 5.92 Å². The first-order valence-electron chi connectivity index (χ1n) is 10.6. The van der Waals surface area contributed by atoms with Crippen molar-refractivity contribution in [3.8, 4) is 0 Å². The van der Waals surface area contributed by atoms with Crippen LogP contribution in [0.15, 0.2) is 29.2 Å². The Kier molecular flexibility index (Phi) is 6.81. The number of halogens is 3. The van der Waals surface area contributed by atoms with E-state index in [-0.39, 0.29) is 28.8 Å². The second-order valence-electron chi connectivity index (χ2n) is 8.16. The topological polar surface area (TPSA) is 57.7 Å². The number of sulfonamides is 1. The highest BCUT2D eigenvalue weighted by Gasteiger charge is 2.44. The zero-order valence-corrected chi connectivity index (χ0v) is 18.2. The SMILES string of the molecule is CCC(CC)C(=O)N1CCC(N(C2CC2)S(=O)(=O)c2cccc(C(F)(F)F)c2)CC1. The molecule has 0 radical (unpaired) electrons. The molecule has 30 heavy (non-hydrogen) atoms. The van der Waals surface area contributed by atoms with Crippen LogP contribution in [-0.2, 0) is 21.0 Å². The predicted octanol–water partition coefficient (Wildman–Crippen LogP) is 4.29. The monoisotopic (exact) mass is 446 g/mol. The molecular formula is C21H29F3N2O3S. The summed E-state index contributed by atoms with van der Waals surface area (Å²) in [5.41, 5.74) is -0.968. The quantitative estimate of drug-likeness (QED) is 0.628. The van der Waals surface area contributed by atoms with Crippen LogP contribution >= 0.6 is 0 Å². The van der Waals surface area contributed by atoms with Crippen LogP contribution in [0.5, 0.6) is 0 Å². The molecule has 1 aromatic rings. The van der Waals surface area contributed by atoms with E-state index in [4.69, 9.17) is 0 Å². The van der Waals surface area contributed by atoms with E-state index in [1.54, 1.807) is 4.90 Å². The summed E-state index contributed by atoms with van der Waals surface area (Å²) in [6, 6.07) is 3.49. The molecule has 2 fully saturated rings. The van der Waals surface area contributed by atoms with Crippen LogP contribution < -0.4 is 0 Å². The van der Waals surface area contributed by atoms with Gasteiger partial charge in [-0.2, -0.15) is 17.5 Å². The van der Waals surface area contributed by atoms with Crippen molar-refractivity contribution in [1.29, 1.82) is 0 Å². The fraction of sp³-hybridized carbons (Fsp3) is 0.667. The maximum atomic E-state index is 13.3. The van der Waals surface area contributed by atoms with Crippen LogP contribution in [0.1, 0.15) is 57.9 Å². The third-order valence-corrected chi connectivity index (χ3v) is 8.12. The molecule has 9 heteroatoms. The zero-order chi connectivity index (χ0) is 22.1. The molecule has 1 saturated carbocycles. The Morgan fingerprint density at radius 1 is 1.10 bits per heavy atom. The average molecular weight is 447 g/mol. The van der Waals surface area contributed by atoms with Crippen LogP contribution in [0.25, 0.3) is 0 Å². The molecule has 3 rings (SSSR count). The van der Waals surface area contributed by atoms with Gasteiger partial charge in [0, 0.05) is 31.1 Å². The van der Waals surface area contributed by atoms with Gasteiger partial charge in [0.1, 0.15) is 0 Å². The summed E-state index contributed by atoms with van der Waals surface area (Å²) in [6.45, 7) is 4.91. The summed E-state index contributed by atoms with van der Waals surface area (Å²) in [4.78, 5) is 14.1. The highest BCUT2D eigenvalue weighted by atomic mass is 32.2. The minimum atomic E-state index is -4.60. The van der Waals surface area contributed by atoms with Crippen LogP contribution in [0.2, 0.25) is 0 Å². The predicted molar refractivity (Wildman–Crippen MR) is 107 cm³/mol. The molecule has 0 unspecified atom stereocenters. The molecule has 1 aliphatic carbocycles. The lowest BCUT2D eigenvalue weighted by Crippen LogP contribution is -2.50. The number of nitrogens with zero attached hydrogens (tertiary/aromatic N) is 2. The number of rotatable bonds is 7. The molecule has 0 spiro atoms. The lowest BCUT2D eigenvalue weighted by atomic mass is 9.98. The van der Waals surface area contributed by atoms with Crippen LogP contribution in [0.4, 0.5) is 13.2 Å². The molecule has 0 atom stereocenters. The molecule has 1 amide bonds. The van der Waals surface area contributed by atoms with E-state index in [0.29, 0.717) is 38.8 Å². The minimum absolute atomic E-state index is 0.0186. The molecule has 168 valence electrons. The van der Waals surface area contributed by atoms with Crippen molar-refractivity contribution >= 4 is 15.9 Å². The van der Waals surface area contributed by atoms with Crippen LogP contribution in [-0.4, -0.2) is 48.7 Å². The minimum Gasteiger partial charge on any atom is -0.342 e. The zero-order valence-electron chi connectivity index (χ0n) is 17.4. The highest BCUT2D eigenvalue weighted by molar-refractivity contribution is 7.89. The normalized spacial score (nSPS) is 19.0. The largest absolute Gasteiger partial charge is 0.416 e. The number of hydrogen-bond acceptors (Lipinski definition) is 3. The van der Waals surface area contributed by atoms with Gasteiger partial charge in [-0.15, -0.1) is 0 Å². The molecule has 1 saturated heterocycles. The van der Waals surface area contributed by atoms with Gasteiger partial charge in [0.25, 0.3) is 0 Å². The lowest BCUT2D eigenvalue weighted by Gasteiger charge is -2.39. The number of benzene rings is 1. The van der Waals surface area contributed by atoms with Gasteiger partial charge in [0.2, 0.25) is 15.9 Å². The first-order chi connectivity index (χ1) is 14.1. The van der Waals surface area contributed by atoms with Gasteiger partial charge in [-0.3, -0.25) is 4.79 Å². The number of carbonyl (C=O) groups is 1. The van der Waals surface area contributed by atoms with Gasteiger partial charge < -0.3 is 4.90 Å². The summed E-state index contributed by atoms with van der Waals surface area (Å²) in [7, 11) is -4.05. The Labute approximate surface area is 176 Å². The van der Waals surface area contributed by atoms with E-state index >= 15 is 0 Å². The molecule has 5 nitrogen and oxygen atoms in total. The fourth-order valence-corrected chi connectivity index (χ4v) is 6.19. The Bertz CT molecular complexity index is 856. The van der Waals surface area contributed by atoms with Gasteiger partial charge >= 0.3 is 6.18 Å². The second-order valence-corrected chi connectivity index (χ2v) is 10.0. The van der Waals surface area contributed by atoms with Crippen molar-refractivity contribution in [2.75, 3.05) is 13.1 Å². The van der Waals surface area contributed by atoms with Gasteiger partial charge in [0.05, 0.1) is 10.5 Å². The number of alkyl halides is 3. The maximum absolute atomic E-state index is 13.3. The van der Waals surface area contributed by atoms with Gasteiger partial charge in [-0.25, -0.2) is 8.42 Å². The Morgan fingerprint density at radius 2 is 1.67 bits per heavy atom. The summed E-state index contributed by atoms with van der Waals surface area (Å²) < 4.78 is 67.2. The van der Waals surface area contributed by atoms with Gasteiger partial charge in [0.15, 0.2) is 0 Å². The van der Waals surface area contributed by atoms with E-state index in [1.807, 2.05) is 13.8 Å². The van der Waals surface area contributed by atoms with Gasteiger partial charge in [-0.1, -0.05) is 19.9 Å². The maximum Gasteiger partial charge on any atom is 0.416 e. The third-order valence-electron chi connectivity index (χ3n) is 6.11. The van der Waals surface area contributed by atoms with Gasteiger partial charge in [-0.05, 0) is 56.7 Å². The Hall–Kier alpha value is -1.61. The molecule has 1 aromatic carbocycles. The van der Waals surface area contributed by atoms with Crippen LogP contribution in [0.3, 0.4) is 0 Å². The summed E-state index contributed by atoms with van der Waals surface area (Å²) >= 11 is 0. The number of carbonyl (C=O) groups excluding carboxylic acids is 1. The number of likely N-dealkylation sites (tertiary alicyclic amines) is 1. The molecule has 2 aliphatic rings. The first kappa shape index (κ1) is 23.1. The molecular weight excluding hydrogens is 417 g/mol. The molecule has 1 aliphatic heterocycles. The highest BCUT2D eigenvalue weighted by Crippen LogP contribution is 2.38. The van der Waals surface area contributed by atoms with Crippen molar-refractivity contribution in [3.63, 3.8) is 0 Å². The Balaban J connectivity index is 1.78. The average Bonchev–Trinajstić information content (AvgIpc) is 3.53. The molecule has 0 N–H and O–H groups in total. The lowest BCUT2D eigenvalue weighted by molar-refractivity contribution is -0.138. The van der Waals surface area contributed by atoms with E-state index in [1.165, 1.54) is 10.4 Å². The molecule has 0 bridgehead atoms. The van der Waals surface area contributed by atoms with Crippen molar-refractivity contribution < 1.29 is 26.4 Å². The smallest absolute Gasteiger partial charge is 0.342 e. The number of hydrogen-bond donors (Lipinski definition) is 0. The van der Waals surface area contributed by atoms with E-state index < -0.39 is 21.8 Å². The van der Waals surface area contributed by atoms with E-state index in [0.717, 1.165) is 31.0 Å². The molecule has 0 aromatic heterocycles. The van der Waals surface area contributed by atoms with Crippen molar-refractivity contribution in [1.82, 2.24) is 9.21 Å². The standard InChI is InChI=1S/C21H29F3N2O3S/c1-3-15(4-2)20(27)25-12-10-18(11-13-25)26(17-8-9-17)30(28,29)19-7-5-6-16(14-19)21(22,23)24/h5-7,14-15,17-18H,3-4,8-13H2,1-2H3. The fourth-order valence-electron chi connectivity index (χ4n) is 4.21. The second kappa shape index (κ2) is 8.86. The third kappa shape index (κ3) is 4.82. The van der Waals surface area contributed by atoms with E-state index in [9.17, 15) is 26.4 Å². The number of piperidine rings is 1. The molecule has 1 heterocycles. The first-order valence-corrected chi connectivity index (χ1v) is 12.0. The van der Waals surface area contributed by atoms with Crippen molar-refractivity contribution in [2.24, 2.45) is 5.92 Å². The van der Waals surface area contributed by atoms with E-state index in [2.05, 4.69) is 0 Å². The summed E-state index contributed by atoms with van der Waals surface area (Å²) in [6.07, 6.45) is -0.630. The summed E-state index contributed by atoms with van der Waals surface area (Å²) in [5.74, 6) is 0.0899. The van der Waals surface area contributed by atoms with Crippen molar-refractivity contribution in [3.05, 3.63) is 29.8 Å². The van der Waals surface area contributed by atoms with Crippen molar-refractivity contribution in [2.45, 2.75) is 75.5 Å².